The molecule has 0 aliphatic heterocycles. The molecule has 1 aliphatic carbocycles. The Balaban J connectivity index is 0.00000312. The maximum atomic E-state index is 12.4. The molecule has 25 heavy (non-hydrogen) atoms. The fraction of sp³-hybridized carbons (Fsp3) is 0.650. The molecule has 0 aromatic heterocycles. The standard InChI is InChI=1S/C20H32N2O2.ClH/c1-16(6-7-17-8-10-18(24-2)11-9-17)22-19(23)14-20(15-21)12-4-3-5-13-20;/h8-11,16H,3-7,12-15,21H2,1-2H3,(H,22,23);1H. The molecule has 2 rings (SSSR count). The molecule has 0 saturated heterocycles. The predicted octanol–water partition coefficient (Wildman–Crippen LogP) is 3.85. The lowest BCUT2D eigenvalue weighted by Gasteiger charge is -2.36. The van der Waals surface area contributed by atoms with Crippen molar-refractivity contribution in [2.75, 3.05) is 13.7 Å². The SMILES string of the molecule is COc1ccc(CCC(C)NC(=O)CC2(CN)CCCCC2)cc1.Cl. The zero-order valence-electron chi connectivity index (χ0n) is 15.6. The fourth-order valence-corrected chi connectivity index (χ4v) is 3.67. The zero-order chi connectivity index (χ0) is 17.4. The molecule has 1 atom stereocenters. The highest BCUT2D eigenvalue weighted by atomic mass is 35.5. The minimum absolute atomic E-state index is 0. The Morgan fingerprint density at radius 2 is 1.88 bits per heavy atom. The molecule has 0 radical (unpaired) electrons. The molecular weight excluding hydrogens is 336 g/mol. The Hall–Kier alpha value is -1.26. The average Bonchev–Trinajstić information content (AvgIpc) is 2.61. The van der Waals surface area contributed by atoms with E-state index in [0.717, 1.165) is 31.4 Å². The molecule has 1 aromatic carbocycles. The molecule has 0 bridgehead atoms. The third kappa shape index (κ3) is 6.87. The lowest BCUT2D eigenvalue weighted by molar-refractivity contribution is -0.124. The normalized spacial score (nSPS) is 17.2. The summed E-state index contributed by atoms with van der Waals surface area (Å²) < 4.78 is 5.17. The fourth-order valence-electron chi connectivity index (χ4n) is 3.67. The number of methoxy groups -OCH3 is 1. The van der Waals surface area contributed by atoms with Crippen LogP contribution in [0.15, 0.2) is 24.3 Å². The molecule has 1 unspecified atom stereocenters. The van der Waals surface area contributed by atoms with Crippen molar-refractivity contribution in [1.29, 1.82) is 0 Å². The number of hydrogen-bond donors (Lipinski definition) is 2. The molecule has 4 nitrogen and oxygen atoms in total. The Labute approximate surface area is 158 Å². The van der Waals surface area contributed by atoms with Crippen molar-refractivity contribution in [3.63, 3.8) is 0 Å². The van der Waals surface area contributed by atoms with E-state index in [1.807, 2.05) is 12.1 Å². The Bertz CT molecular complexity index is 513. The highest BCUT2D eigenvalue weighted by Gasteiger charge is 2.33. The van der Waals surface area contributed by atoms with Crippen LogP contribution in [0.25, 0.3) is 0 Å². The summed E-state index contributed by atoms with van der Waals surface area (Å²) in [5.41, 5.74) is 7.29. The monoisotopic (exact) mass is 368 g/mol. The van der Waals surface area contributed by atoms with Crippen molar-refractivity contribution in [3.05, 3.63) is 29.8 Å². The van der Waals surface area contributed by atoms with Crippen molar-refractivity contribution in [1.82, 2.24) is 5.32 Å². The first kappa shape index (κ1) is 21.8. The highest BCUT2D eigenvalue weighted by molar-refractivity contribution is 5.85. The smallest absolute Gasteiger partial charge is 0.220 e. The number of nitrogens with two attached hydrogens (primary N) is 1. The number of nitrogens with one attached hydrogen (secondary N) is 1. The van der Waals surface area contributed by atoms with E-state index in [2.05, 4.69) is 24.4 Å². The van der Waals surface area contributed by atoms with E-state index in [1.54, 1.807) is 7.11 Å². The second-order valence-corrected chi connectivity index (χ2v) is 7.30. The molecule has 142 valence electrons. The van der Waals surface area contributed by atoms with Gasteiger partial charge in [-0.3, -0.25) is 4.79 Å². The van der Waals surface area contributed by atoms with Gasteiger partial charge in [0.15, 0.2) is 0 Å². The van der Waals surface area contributed by atoms with Crippen LogP contribution in [0.5, 0.6) is 5.75 Å². The van der Waals surface area contributed by atoms with Crippen LogP contribution in [0, 0.1) is 5.41 Å². The second-order valence-electron chi connectivity index (χ2n) is 7.30. The topological polar surface area (TPSA) is 64.3 Å². The van der Waals surface area contributed by atoms with E-state index < -0.39 is 0 Å². The van der Waals surface area contributed by atoms with E-state index in [0.29, 0.717) is 13.0 Å². The Morgan fingerprint density at radius 1 is 1.24 bits per heavy atom. The van der Waals surface area contributed by atoms with E-state index in [9.17, 15) is 4.79 Å². The highest BCUT2D eigenvalue weighted by Crippen LogP contribution is 2.38. The number of ether oxygens (including phenoxy) is 1. The molecule has 0 spiro atoms. The summed E-state index contributed by atoms with van der Waals surface area (Å²) in [6.45, 7) is 2.71. The van der Waals surface area contributed by atoms with Crippen LogP contribution in [0.2, 0.25) is 0 Å². The lowest BCUT2D eigenvalue weighted by Crippen LogP contribution is -2.41. The van der Waals surface area contributed by atoms with Gasteiger partial charge in [0.2, 0.25) is 5.91 Å². The van der Waals surface area contributed by atoms with E-state index in [4.69, 9.17) is 10.5 Å². The maximum Gasteiger partial charge on any atom is 0.220 e. The van der Waals surface area contributed by atoms with Gasteiger partial charge in [-0.25, -0.2) is 0 Å². The number of halogens is 1. The number of benzene rings is 1. The molecule has 5 heteroatoms. The van der Waals surface area contributed by atoms with Gasteiger partial charge in [0.1, 0.15) is 5.75 Å². The van der Waals surface area contributed by atoms with Crippen molar-refractivity contribution >= 4 is 18.3 Å². The van der Waals surface area contributed by atoms with Crippen LogP contribution in [-0.2, 0) is 11.2 Å². The van der Waals surface area contributed by atoms with Gasteiger partial charge < -0.3 is 15.8 Å². The average molecular weight is 369 g/mol. The van der Waals surface area contributed by atoms with Crippen molar-refractivity contribution in [3.8, 4) is 5.75 Å². The number of rotatable bonds is 8. The van der Waals surface area contributed by atoms with E-state index >= 15 is 0 Å². The van der Waals surface area contributed by atoms with Crippen LogP contribution in [0.1, 0.15) is 57.4 Å². The summed E-state index contributed by atoms with van der Waals surface area (Å²) in [6.07, 6.45) is 8.35. The van der Waals surface area contributed by atoms with Gasteiger partial charge in [0.05, 0.1) is 7.11 Å². The summed E-state index contributed by atoms with van der Waals surface area (Å²) in [6, 6.07) is 8.30. The third-order valence-electron chi connectivity index (χ3n) is 5.32. The van der Waals surface area contributed by atoms with E-state index in [1.165, 1.54) is 24.8 Å². The largest absolute Gasteiger partial charge is 0.497 e. The van der Waals surface area contributed by atoms with Crippen molar-refractivity contribution in [2.24, 2.45) is 11.1 Å². The summed E-state index contributed by atoms with van der Waals surface area (Å²) in [5, 5.41) is 3.16. The minimum Gasteiger partial charge on any atom is -0.497 e. The van der Waals surface area contributed by atoms with Gasteiger partial charge in [-0.1, -0.05) is 31.4 Å². The second kappa shape index (κ2) is 10.7. The first-order valence-corrected chi connectivity index (χ1v) is 9.19. The molecule has 1 amide bonds. The maximum absolute atomic E-state index is 12.4. The molecular formula is C20H33ClN2O2. The summed E-state index contributed by atoms with van der Waals surface area (Å²) in [5.74, 6) is 1.03. The minimum atomic E-state index is 0. The quantitative estimate of drug-likeness (QED) is 0.732. The van der Waals surface area contributed by atoms with Gasteiger partial charge in [-0.15, -0.1) is 12.4 Å². The van der Waals surface area contributed by atoms with Crippen molar-refractivity contribution < 1.29 is 9.53 Å². The van der Waals surface area contributed by atoms with Gasteiger partial charge in [-0.2, -0.15) is 0 Å². The van der Waals surface area contributed by atoms with Crippen LogP contribution in [0.3, 0.4) is 0 Å². The molecule has 3 N–H and O–H groups in total. The van der Waals surface area contributed by atoms with Gasteiger partial charge >= 0.3 is 0 Å². The summed E-state index contributed by atoms with van der Waals surface area (Å²) in [4.78, 5) is 12.4. The number of amides is 1. The van der Waals surface area contributed by atoms with E-state index in [-0.39, 0.29) is 29.8 Å². The van der Waals surface area contributed by atoms with Gasteiger partial charge in [-0.05, 0) is 62.3 Å². The van der Waals surface area contributed by atoms with Crippen LogP contribution in [0.4, 0.5) is 0 Å². The summed E-state index contributed by atoms with van der Waals surface area (Å²) in [7, 11) is 1.67. The molecule has 1 saturated carbocycles. The number of carbonyl (C=O) groups is 1. The van der Waals surface area contributed by atoms with Crippen LogP contribution in [-0.4, -0.2) is 25.6 Å². The number of aryl methyl sites for hydroxylation is 1. The first-order chi connectivity index (χ1) is 11.6. The summed E-state index contributed by atoms with van der Waals surface area (Å²) >= 11 is 0. The zero-order valence-corrected chi connectivity index (χ0v) is 16.4. The van der Waals surface area contributed by atoms with Gasteiger partial charge in [0, 0.05) is 12.5 Å². The molecule has 1 aromatic rings. The van der Waals surface area contributed by atoms with Crippen molar-refractivity contribution in [2.45, 2.75) is 64.3 Å². The Kier molecular flexibility index (Phi) is 9.30. The number of carbonyl (C=O) groups excluding carboxylic acids is 1. The van der Waals surface area contributed by atoms with Crippen LogP contribution < -0.4 is 15.8 Å². The van der Waals surface area contributed by atoms with Gasteiger partial charge in [0.25, 0.3) is 0 Å². The van der Waals surface area contributed by atoms with Crippen LogP contribution >= 0.6 is 12.4 Å². The predicted molar refractivity (Wildman–Crippen MR) is 105 cm³/mol. The molecule has 1 aliphatic rings. The lowest BCUT2D eigenvalue weighted by atomic mass is 9.71. The number of hydrogen-bond acceptors (Lipinski definition) is 3. The molecule has 0 heterocycles. The Morgan fingerprint density at radius 3 is 2.44 bits per heavy atom. The first-order valence-electron chi connectivity index (χ1n) is 9.19. The third-order valence-corrected chi connectivity index (χ3v) is 5.32. The molecule has 1 fully saturated rings.